The fourth-order valence-corrected chi connectivity index (χ4v) is 1.97. The molecule has 0 aromatic heterocycles. The molecule has 3 N–H and O–H groups in total. The van der Waals surface area contributed by atoms with Gasteiger partial charge in [-0.25, -0.2) is 0 Å². The van der Waals surface area contributed by atoms with Gasteiger partial charge in [0.1, 0.15) is 0 Å². The van der Waals surface area contributed by atoms with Gasteiger partial charge in [-0.2, -0.15) is 0 Å². The van der Waals surface area contributed by atoms with Crippen LogP contribution < -0.4 is 11.1 Å². The zero-order chi connectivity index (χ0) is 15.1. The number of amides is 1. The second kappa shape index (κ2) is 9.31. The molecule has 0 heterocycles. The van der Waals surface area contributed by atoms with Crippen molar-refractivity contribution < 1.29 is 9.72 Å². The number of nitrogens with two attached hydrogens (primary N) is 1. The van der Waals surface area contributed by atoms with Gasteiger partial charge >= 0.3 is 0 Å². The summed E-state index contributed by atoms with van der Waals surface area (Å²) in [7, 11) is 0. The van der Waals surface area contributed by atoms with Crippen molar-refractivity contribution in [2.45, 2.75) is 32.7 Å². The Morgan fingerprint density at radius 3 is 2.57 bits per heavy atom. The summed E-state index contributed by atoms with van der Waals surface area (Å²) in [6.45, 7) is 4.34. The first-order chi connectivity index (χ1) is 9.41. The molecule has 1 amide bonds. The SMILES string of the molecule is CC(C)C[C@H](N)C(=O)NCCc1ccccc1[N+](=O)[O-].Cl. The van der Waals surface area contributed by atoms with Crippen LogP contribution in [0.15, 0.2) is 24.3 Å². The number of benzene rings is 1. The highest BCUT2D eigenvalue weighted by Crippen LogP contribution is 2.17. The van der Waals surface area contributed by atoms with Crippen LogP contribution in [0.1, 0.15) is 25.8 Å². The first kappa shape index (κ1) is 19.3. The molecule has 0 saturated carbocycles. The van der Waals surface area contributed by atoms with E-state index in [2.05, 4.69) is 5.32 Å². The summed E-state index contributed by atoms with van der Waals surface area (Å²) < 4.78 is 0. The van der Waals surface area contributed by atoms with Crippen LogP contribution in [0.25, 0.3) is 0 Å². The maximum Gasteiger partial charge on any atom is 0.272 e. The Morgan fingerprint density at radius 1 is 1.38 bits per heavy atom. The molecule has 0 bridgehead atoms. The summed E-state index contributed by atoms with van der Waals surface area (Å²) in [5, 5.41) is 13.6. The number of nitrogens with one attached hydrogen (secondary N) is 1. The molecule has 0 radical (unpaired) electrons. The maximum absolute atomic E-state index is 11.7. The number of hydrogen-bond donors (Lipinski definition) is 2. The van der Waals surface area contributed by atoms with Crippen molar-refractivity contribution >= 4 is 24.0 Å². The summed E-state index contributed by atoms with van der Waals surface area (Å²) in [6.07, 6.45) is 1.04. The van der Waals surface area contributed by atoms with Crippen molar-refractivity contribution in [3.8, 4) is 0 Å². The van der Waals surface area contributed by atoms with Crippen molar-refractivity contribution in [1.29, 1.82) is 0 Å². The highest BCUT2D eigenvalue weighted by molar-refractivity contribution is 5.85. The molecule has 1 aromatic carbocycles. The minimum atomic E-state index is -0.527. The molecule has 21 heavy (non-hydrogen) atoms. The molecule has 1 atom stereocenters. The van der Waals surface area contributed by atoms with Crippen LogP contribution in [-0.2, 0) is 11.2 Å². The Labute approximate surface area is 130 Å². The smallest absolute Gasteiger partial charge is 0.272 e. The van der Waals surface area contributed by atoms with Crippen molar-refractivity contribution in [3.63, 3.8) is 0 Å². The topological polar surface area (TPSA) is 98.3 Å². The summed E-state index contributed by atoms with van der Waals surface area (Å²) in [5.41, 5.74) is 6.44. The van der Waals surface area contributed by atoms with E-state index in [-0.39, 0.29) is 24.0 Å². The minimum Gasteiger partial charge on any atom is -0.354 e. The predicted octanol–water partition coefficient (Wildman–Crippen LogP) is 2.05. The molecule has 6 nitrogen and oxygen atoms in total. The predicted molar refractivity (Wildman–Crippen MR) is 84.5 cm³/mol. The van der Waals surface area contributed by atoms with Crippen molar-refractivity contribution in [2.24, 2.45) is 11.7 Å². The average Bonchev–Trinajstić information content (AvgIpc) is 2.38. The second-order valence-corrected chi connectivity index (χ2v) is 5.16. The van der Waals surface area contributed by atoms with E-state index >= 15 is 0 Å². The number of rotatable bonds is 7. The Morgan fingerprint density at radius 2 is 2.00 bits per heavy atom. The van der Waals surface area contributed by atoms with Crippen molar-refractivity contribution in [3.05, 3.63) is 39.9 Å². The number of halogens is 1. The lowest BCUT2D eigenvalue weighted by atomic mass is 10.0. The van der Waals surface area contributed by atoms with E-state index < -0.39 is 11.0 Å². The summed E-state index contributed by atoms with van der Waals surface area (Å²) in [5.74, 6) is 0.142. The highest BCUT2D eigenvalue weighted by Gasteiger charge is 2.16. The van der Waals surface area contributed by atoms with Crippen LogP contribution >= 0.6 is 12.4 Å². The number of para-hydroxylation sites is 1. The third kappa shape index (κ3) is 6.55. The monoisotopic (exact) mass is 315 g/mol. The molecule has 118 valence electrons. The van der Waals surface area contributed by atoms with Crippen molar-refractivity contribution in [2.75, 3.05) is 6.54 Å². The first-order valence-electron chi connectivity index (χ1n) is 6.67. The third-order valence-electron chi connectivity index (χ3n) is 2.94. The molecule has 0 unspecified atom stereocenters. The Balaban J connectivity index is 0.00000400. The third-order valence-corrected chi connectivity index (χ3v) is 2.94. The molecule has 0 aliphatic rings. The number of nitrogens with zero attached hydrogens (tertiary/aromatic N) is 1. The van der Waals surface area contributed by atoms with Crippen molar-refractivity contribution in [1.82, 2.24) is 5.32 Å². The number of hydrogen-bond acceptors (Lipinski definition) is 4. The van der Waals surface area contributed by atoms with E-state index in [9.17, 15) is 14.9 Å². The second-order valence-electron chi connectivity index (χ2n) is 5.16. The van der Waals surface area contributed by atoms with E-state index in [4.69, 9.17) is 5.73 Å². The van der Waals surface area contributed by atoms with Crippen LogP contribution in [0.2, 0.25) is 0 Å². The average molecular weight is 316 g/mol. The van der Waals surface area contributed by atoms with Gasteiger partial charge in [-0.3, -0.25) is 14.9 Å². The molecule has 0 aliphatic carbocycles. The Hall–Kier alpha value is -1.66. The normalized spacial score (nSPS) is 11.6. The largest absolute Gasteiger partial charge is 0.354 e. The van der Waals surface area contributed by atoms with Crippen LogP contribution in [0.5, 0.6) is 0 Å². The summed E-state index contributed by atoms with van der Waals surface area (Å²) in [6, 6.07) is 5.99. The van der Waals surface area contributed by atoms with Crippen LogP contribution in [0, 0.1) is 16.0 Å². The van der Waals surface area contributed by atoms with E-state index in [0.29, 0.717) is 30.9 Å². The van der Waals surface area contributed by atoms with Gasteiger partial charge < -0.3 is 11.1 Å². The van der Waals surface area contributed by atoms with E-state index in [0.717, 1.165) is 0 Å². The van der Waals surface area contributed by atoms with Gasteiger partial charge in [0.05, 0.1) is 11.0 Å². The quantitative estimate of drug-likeness (QED) is 0.594. The lowest BCUT2D eigenvalue weighted by Crippen LogP contribution is -2.42. The number of nitro groups is 1. The number of nitro benzene ring substituents is 1. The highest BCUT2D eigenvalue weighted by atomic mass is 35.5. The number of carbonyl (C=O) groups is 1. The van der Waals surface area contributed by atoms with Crippen LogP contribution in [0.3, 0.4) is 0 Å². The molecule has 0 saturated heterocycles. The molecule has 1 rings (SSSR count). The van der Waals surface area contributed by atoms with Gasteiger partial charge in [-0.1, -0.05) is 32.0 Å². The first-order valence-corrected chi connectivity index (χ1v) is 6.67. The van der Waals surface area contributed by atoms with E-state index in [1.54, 1.807) is 18.2 Å². The molecular weight excluding hydrogens is 294 g/mol. The molecule has 0 aliphatic heterocycles. The van der Waals surface area contributed by atoms with E-state index in [1.807, 2.05) is 13.8 Å². The van der Waals surface area contributed by atoms with Crippen LogP contribution in [0.4, 0.5) is 5.69 Å². The lowest BCUT2D eigenvalue weighted by molar-refractivity contribution is -0.385. The van der Waals surface area contributed by atoms with Gasteiger partial charge in [0.2, 0.25) is 5.91 Å². The summed E-state index contributed by atoms with van der Waals surface area (Å²) >= 11 is 0. The maximum atomic E-state index is 11.7. The minimum absolute atomic E-state index is 0. The fraction of sp³-hybridized carbons (Fsp3) is 0.500. The van der Waals surface area contributed by atoms with Gasteiger partial charge in [0, 0.05) is 18.2 Å². The standard InChI is InChI=1S/C14H21N3O3.ClH/c1-10(2)9-12(15)14(18)16-8-7-11-5-3-4-6-13(11)17(19)20;/h3-6,10,12H,7-9,15H2,1-2H3,(H,16,18);1H/t12-;/m0./s1. The molecule has 0 spiro atoms. The zero-order valence-electron chi connectivity index (χ0n) is 12.2. The number of carbonyl (C=O) groups excluding carboxylic acids is 1. The van der Waals surface area contributed by atoms with Gasteiger partial charge in [-0.15, -0.1) is 12.4 Å². The zero-order valence-corrected chi connectivity index (χ0v) is 13.1. The van der Waals surface area contributed by atoms with Gasteiger partial charge in [0.25, 0.3) is 5.69 Å². The lowest BCUT2D eigenvalue weighted by Gasteiger charge is -2.14. The Kier molecular flexibility index (Phi) is 8.57. The van der Waals surface area contributed by atoms with E-state index in [1.165, 1.54) is 6.07 Å². The fourth-order valence-electron chi connectivity index (χ4n) is 1.97. The molecular formula is C14H22ClN3O3. The molecule has 7 heteroatoms. The van der Waals surface area contributed by atoms with Crippen LogP contribution in [-0.4, -0.2) is 23.4 Å². The molecule has 0 fully saturated rings. The van der Waals surface area contributed by atoms with Gasteiger partial charge in [0.15, 0.2) is 0 Å². The Bertz CT molecular complexity index is 480. The van der Waals surface area contributed by atoms with Gasteiger partial charge in [-0.05, 0) is 18.8 Å². The molecule has 1 aromatic rings. The summed E-state index contributed by atoms with van der Waals surface area (Å²) in [4.78, 5) is 22.1.